The van der Waals surface area contributed by atoms with Gasteiger partial charge in [0.2, 0.25) is 0 Å². The fraction of sp³-hybridized carbons (Fsp3) is 0.571. The Hall–Kier alpha value is -1.41. The molecule has 0 heterocycles. The zero-order valence-corrected chi connectivity index (χ0v) is 7.03. The van der Waals surface area contributed by atoms with Gasteiger partial charge in [-0.3, -0.25) is 0 Å². The Labute approximate surface area is 70.9 Å². The summed E-state index contributed by atoms with van der Waals surface area (Å²) in [5.74, 6) is 2.64. The van der Waals surface area contributed by atoms with Crippen molar-refractivity contribution in [2.75, 3.05) is 20.3 Å². The monoisotopic (exact) mass is 176 g/mol. The molecule has 0 atom stereocenters. The van der Waals surface area contributed by atoms with E-state index in [2.05, 4.69) is 16.8 Å². The van der Waals surface area contributed by atoms with Gasteiger partial charge >= 0.3 is 6.16 Å². The van der Waals surface area contributed by atoms with Crippen LogP contribution in [-0.4, -0.2) is 36.7 Å². The summed E-state index contributed by atoms with van der Waals surface area (Å²) in [6, 6.07) is 0. The molecule has 0 saturated carbocycles. The maximum absolute atomic E-state index is 8.56. The van der Waals surface area contributed by atoms with E-state index in [1.807, 2.05) is 6.92 Å². The number of hydrogen-bond acceptors (Lipinski definition) is 3. The maximum atomic E-state index is 8.56. The SMILES string of the molecule is CCOC#CCOC.O=C(O)O. The van der Waals surface area contributed by atoms with E-state index in [9.17, 15) is 0 Å². The van der Waals surface area contributed by atoms with E-state index in [1.54, 1.807) is 7.11 Å². The van der Waals surface area contributed by atoms with Crippen LogP contribution in [0.5, 0.6) is 0 Å². The molecular weight excluding hydrogens is 164 g/mol. The minimum absolute atomic E-state index is 0.444. The molecule has 12 heavy (non-hydrogen) atoms. The van der Waals surface area contributed by atoms with Gasteiger partial charge in [-0.1, -0.05) is 0 Å². The summed E-state index contributed by atoms with van der Waals surface area (Å²) in [6.07, 6.45) is 0.628. The van der Waals surface area contributed by atoms with Crippen molar-refractivity contribution in [1.29, 1.82) is 0 Å². The smallest absolute Gasteiger partial charge is 0.450 e. The molecule has 0 rings (SSSR count). The van der Waals surface area contributed by atoms with Gasteiger partial charge in [-0.15, -0.1) is 0 Å². The first-order chi connectivity index (χ1) is 5.65. The van der Waals surface area contributed by atoms with Gasteiger partial charge in [0.15, 0.2) is 0 Å². The van der Waals surface area contributed by atoms with Gasteiger partial charge in [0.1, 0.15) is 12.7 Å². The van der Waals surface area contributed by atoms with Gasteiger partial charge in [-0.2, -0.15) is 0 Å². The predicted octanol–water partition coefficient (Wildman–Crippen LogP) is 0.853. The maximum Gasteiger partial charge on any atom is 0.503 e. The standard InChI is InChI=1S/C6H10O2.CH2O3/c1-3-8-6-4-5-7-2;2-1(3)4/h3,5H2,1-2H3;(H2,2,3,4). The van der Waals surface area contributed by atoms with E-state index in [0.29, 0.717) is 13.2 Å². The second kappa shape index (κ2) is 12.3. The summed E-state index contributed by atoms with van der Waals surface area (Å²) in [5.41, 5.74) is 0. The molecule has 0 amide bonds. The summed E-state index contributed by atoms with van der Waals surface area (Å²) in [6.45, 7) is 2.97. The van der Waals surface area contributed by atoms with Gasteiger partial charge < -0.3 is 19.7 Å². The van der Waals surface area contributed by atoms with Crippen LogP contribution in [0.3, 0.4) is 0 Å². The molecule has 0 aliphatic heterocycles. The van der Waals surface area contributed by atoms with Crippen LogP contribution in [0.1, 0.15) is 6.92 Å². The zero-order chi connectivity index (χ0) is 9.82. The fourth-order valence-corrected chi connectivity index (χ4v) is 0.225. The Kier molecular flexibility index (Phi) is 13.5. The molecule has 0 aliphatic rings. The lowest BCUT2D eigenvalue weighted by molar-refractivity contribution is 0.137. The van der Waals surface area contributed by atoms with Gasteiger partial charge in [-0.05, 0) is 12.8 Å². The lowest BCUT2D eigenvalue weighted by atomic mass is 10.7. The molecule has 0 aromatic carbocycles. The van der Waals surface area contributed by atoms with E-state index in [4.69, 9.17) is 19.7 Å². The lowest BCUT2D eigenvalue weighted by Crippen LogP contribution is -1.83. The molecule has 0 unspecified atom stereocenters. The normalized spacial score (nSPS) is 6.83. The number of carbonyl (C=O) groups is 1. The Morgan fingerprint density at radius 2 is 2.00 bits per heavy atom. The van der Waals surface area contributed by atoms with Gasteiger partial charge in [-0.25, -0.2) is 4.79 Å². The Morgan fingerprint density at radius 3 is 2.33 bits per heavy atom. The molecule has 5 heteroatoms. The van der Waals surface area contributed by atoms with E-state index < -0.39 is 6.16 Å². The third-order valence-electron chi connectivity index (χ3n) is 0.505. The molecule has 2 N–H and O–H groups in total. The van der Waals surface area contributed by atoms with E-state index in [0.717, 1.165) is 0 Å². The average Bonchev–Trinajstić information content (AvgIpc) is 1.97. The molecule has 0 bridgehead atoms. The first kappa shape index (κ1) is 13.2. The number of hydrogen-bond donors (Lipinski definition) is 2. The van der Waals surface area contributed by atoms with Crippen LogP contribution in [0.25, 0.3) is 0 Å². The molecule has 70 valence electrons. The van der Waals surface area contributed by atoms with Crippen molar-refractivity contribution in [2.24, 2.45) is 0 Å². The van der Waals surface area contributed by atoms with E-state index in [1.165, 1.54) is 0 Å². The Balaban J connectivity index is 0. The zero-order valence-electron chi connectivity index (χ0n) is 7.03. The van der Waals surface area contributed by atoms with Crippen LogP contribution in [0, 0.1) is 12.0 Å². The van der Waals surface area contributed by atoms with Gasteiger partial charge in [0, 0.05) is 7.11 Å². The summed E-state index contributed by atoms with van der Waals surface area (Å²) in [4.78, 5) is 8.56. The van der Waals surface area contributed by atoms with Crippen LogP contribution in [0.2, 0.25) is 0 Å². The van der Waals surface area contributed by atoms with E-state index in [-0.39, 0.29) is 0 Å². The minimum atomic E-state index is -1.83. The molecular formula is C7H12O5. The summed E-state index contributed by atoms with van der Waals surface area (Å²) < 4.78 is 9.33. The largest absolute Gasteiger partial charge is 0.503 e. The van der Waals surface area contributed by atoms with Crippen molar-refractivity contribution < 1.29 is 24.5 Å². The molecule has 5 nitrogen and oxygen atoms in total. The number of carboxylic acid groups (broad SMARTS) is 2. The molecule has 0 radical (unpaired) electrons. The third-order valence-corrected chi connectivity index (χ3v) is 0.505. The fourth-order valence-electron chi connectivity index (χ4n) is 0.225. The average molecular weight is 176 g/mol. The van der Waals surface area contributed by atoms with Gasteiger partial charge in [0.25, 0.3) is 0 Å². The number of methoxy groups -OCH3 is 1. The van der Waals surface area contributed by atoms with Crippen molar-refractivity contribution in [3.63, 3.8) is 0 Å². The van der Waals surface area contributed by atoms with Crippen LogP contribution in [0.4, 0.5) is 4.79 Å². The summed E-state index contributed by atoms with van der Waals surface area (Å²) in [7, 11) is 1.60. The molecule has 0 spiro atoms. The van der Waals surface area contributed by atoms with Crippen LogP contribution in [-0.2, 0) is 9.47 Å². The third kappa shape index (κ3) is 38.4. The second-order valence-corrected chi connectivity index (χ2v) is 1.43. The van der Waals surface area contributed by atoms with Crippen molar-refractivity contribution in [1.82, 2.24) is 0 Å². The second-order valence-electron chi connectivity index (χ2n) is 1.43. The Morgan fingerprint density at radius 1 is 1.50 bits per heavy atom. The van der Waals surface area contributed by atoms with Crippen molar-refractivity contribution in [3.8, 4) is 12.0 Å². The topological polar surface area (TPSA) is 76.0 Å². The van der Waals surface area contributed by atoms with Crippen LogP contribution < -0.4 is 0 Å². The number of rotatable bonds is 2. The highest BCUT2D eigenvalue weighted by atomic mass is 16.6. The first-order valence-electron chi connectivity index (χ1n) is 3.15. The highest BCUT2D eigenvalue weighted by molar-refractivity contribution is 5.53. The molecule has 0 saturated heterocycles. The minimum Gasteiger partial charge on any atom is -0.450 e. The highest BCUT2D eigenvalue weighted by Gasteiger charge is 1.70. The molecule has 0 aromatic heterocycles. The number of ether oxygens (including phenoxy) is 2. The summed E-state index contributed by atoms with van der Waals surface area (Å²) in [5, 5.41) is 13.9. The lowest BCUT2D eigenvalue weighted by Gasteiger charge is -1.84. The summed E-state index contributed by atoms with van der Waals surface area (Å²) >= 11 is 0. The van der Waals surface area contributed by atoms with Crippen molar-refractivity contribution >= 4 is 6.16 Å². The Bertz CT molecular complexity index is 141. The van der Waals surface area contributed by atoms with Crippen molar-refractivity contribution in [3.05, 3.63) is 0 Å². The first-order valence-corrected chi connectivity index (χ1v) is 3.15. The van der Waals surface area contributed by atoms with E-state index >= 15 is 0 Å². The van der Waals surface area contributed by atoms with Crippen molar-refractivity contribution in [2.45, 2.75) is 6.92 Å². The predicted molar refractivity (Wildman–Crippen MR) is 41.9 cm³/mol. The molecule has 0 aliphatic carbocycles. The quantitative estimate of drug-likeness (QED) is 0.610. The van der Waals surface area contributed by atoms with Gasteiger partial charge in [0.05, 0.1) is 6.61 Å². The molecule has 0 fully saturated rings. The van der Waals surface area contributed by atoms with Crippen LogP contribution in [0.15, 0.2) is 0 Å². The molecule has 0 aromatic rings. The van der Waals surface area contributed by atoms with Crippen LogP contribution >= 0.6 is 0 Å². The highest BCUT2D eigenvalue weighted by Crippen LogP contribution is 1.65.